The van der Waals surface area contributed by atoms with Crippen molar-refractivity contribution in [2.75, 3.05) is 4.90 Å². The van der Waals surface area contributed by atoms with Gasteiger partial charge in [-0.15, -0.1) is 0 Å². The van der Waals surface area contributed by atoms with Crippen LogP contribution < -0.4 is 9.64 Å². The number of fused-ring (bicyclic) bond motifs is 1. The van der Waals surface area contributed by atoms with Gasteiger partial charge >= 0.3 is 0 Å². The molecule has 2 unspecified atom stereocenters. The third-order valence-corrected chi connectivity index (χ3v) is 6.19. The molecule has 0 radical (unpaired) electrons. The molecule has 0 spiro atoms. The van der Waals surface area contributed by atoms with E-state index in [9.17, 15) is 14.7 Å². The number of hydrogen-bond donors (Lipinski definition) is 1. The van der Waals surface area contributed by atoms with Gasteiger partial charge in [0.1, 0.15) is 17.6 Å². The lowest BCUT2D eigenvalue weighted by Gasteiger charge is -2.25. The molecule has 1 N–H and O–H groups in total. The quantitative estimate of drug-likeness (QED) is 0.324. The molecule has 5 rings (SSSR count). The van der Waals surface area contributed by atoms with Crippen LogP contribution >= 0.6 is 15.9 Å². The second-order valence-electron chi connectivity index (χ2n) is 7.89. The van der Waals surface area contributed by atoms with Gasteiger partial charge in [0.2, 0.25) is 0 Å². The Morgan fingerprint density at radius 1 is 1.16 bits per heavy atom. The van der Waals surface area contributed by atoms with Crippen molar-refractivity contribution < 1.29 is 19.4 Å². The lowest BCUT2D eigenvalue weighted by atomic mass is 9.95. The lowest BCUT2D eigenvalue weighted by molar-refractivity contribution is -0.132. The molecule has 2 aromatic carbocycles. The number of halogens is 1. The number of aromatic nitrogens is 1. The predicted molar refractivity (Wildman–Crippen MR) is 123 cm³/mol. The minimum absolute atomic E-state index is 0.0369. The highest BCUT2D eigenvalue weighted by Crippen LogP contribution is 2.43. The molecule has 1 fully saturated rings. The Hall–Kier alpha value is -3.45. The predicted octanol–water partition coefficient (Wildman–Crippen LogP) is 4.79. The van der Waals surface area contributed by atoms with Crippen LogP contribution in [-0.4, -0.2) is 27.9 Å². The minimum Gasteiger partial charge on any atom is -0.507 e. The summed E-state index contributed by atoms with van der Waals surface area (Å²) < 4.78 is 6.51. The van der Waals surface area contributed by atoms with Crippen LogP contribution in [0.4, 0.5) is 5.69 Å². The minimum atomic E-state index is -0.804. The third kappa shape index (κ3) is 3.39. The highest BCUT2D eigenvalue weighted by molar-refractivity contribution is 9.10. The second-order valence-corrected chi connectivity index (χ2v) is 8.81. The molecule has 0 aliphatic carbocycles. The van der Waals surface area contributed by atoms with Gasteiger partial charge in [0.15, 0.2) is 0 Å². The van der Waals surface area contributed by atoms with E-state index in [1.807, 2.05) is 19.1 Å². The largest absolute Gasteiger partial charge is 0.507 e. The Labute approximate surface area is 193 Å². The van der Waals surface area contributed by atoms with Crippen LogP contribution in [0, 0.1) is 0 Å². The topological polar surface area (TPSA) is 79.7 Å². The molecule has 1 aromatic heterocycles. The van der Waals surface area contributed by atoms with Gasteiger partial charge < -0.3 is 9.84 Å². The molecule has 3 aromatic rings. The number of pyridine rings is 1. The number of carbonyl (C=O) groups excluding carboxylic acids is 2. The average molecular weight is 491 g/mol. The second kappa shape index (κ2) is 7.91. The monoisotopic (exact) mass is 490 g/mol. The fraction of sp³-hybridized carbons (Fsp3) is 0.160. The molecule has 6 nitrogen and oxygen atoms in total. The van der Waals surface area contributed by atoms with E-state index in [0.717, 1.165) is 22.2 Å². The Balaban J connectivity index is 1.69. The first-order valence-electron chi connectivity index (χ1n) is 10.2. The van der Waals surface area contributed by atoms with Crippen LogP contribution in [0.1, 0.15) is 29.7 Å². The molecule has 7 heteroatoms. The number of hydrogen-bond acceptors (Lipinski definition) is 5. The van der Waals surface area contributed by atoms with Crippen molar-refractivity contribution in [3.8, 4) is 5.75 Å². The van der Waals surface area contributed by atoms with Crippen LogP contribution in [0.5, 0.6) is 5.75 Å². The van der Waals surface area contributed by atoms with Gasteiger partial charge in [-0.25, -0.2) is 0 Å². The highest BCUT2D eigenvalue weighted by atomic mass is 79.9. The average Bonchev–Trinajstić information content (AvgIpc) is 3.29. The van der Waals surface area contributed by atoms with Crippen molar-refractivity contribution >= 4 is 39.1 Å². The molecular formula is C25H19BrN2O4. The molecule has 32 heavy (non-hydrogen) atoms. The fourth-order valence-electron chi connectivity index (χ4n) is 4.30. The molecule has 2 aliphatic heterocycles. The third-order valence-electron chi connectivity index (χ3n) is 5.70. The van der Waals surface area contributed by atoms with E-state index in [1.165, 1.54) is 4.90 Å². The van der Waals surface area contributed by atoms with Crippen molar-refractivity contribution in [3.05, 3.63) is 93.7 Å². The van der Waals surface area contributed by atoms with Gasteiger partial charge in [-0.3, -0.25) is 19.5 Å². The van der Waals surface area contributed by atoms with Crippen LogP contribution in [0.3, 0.4) is 0 Å². The van der Waals surface area contributed by atoms with Crippen molar-refractivity contribution in [1.82, 2.24) is 4.98 Å². The highest BCUT2D eigenvalue weighted by Gasteiger charge is 2.47. The Morgan fingerprint density at radius 3 is 2.75 bits per heavy atom. The summed E-state index contributed by atoms with van der Waals surface area (Å²) >= 11 is 3.43. The van der Waals surface area contributed by atoms with Gasteiger partial charge in [0, 0.05) is 34.5 Å². The zero-order valence-corrected chi connectivity index (χ0v) is 18.7. The zero-order chi connectivity index (χ0) is 22.4. The number of ketones is 1. The molecule has 1 saturated heterocycles. The maximum Gasteiger partial charge on any atom is 0.300 e. The first-order chi connectivity index (χ1) is 15.4. The Kier molecular flexibility index (Phi) is 5.06. The molecule has 160 valence electrons. The van der Waals surface area contributed by atoms with E-state index >= 15 is 0 Å². The molecule has 2 atom stereocenters. The zero-order valence-electron chi connectivity index (χ0n) is 17.2. The van der Waals surface area contributed by atoms with E-state index in [-0.39, 0.29) is 17.4 Å². The number of amides is 1. The summed E-state index contributed by atoms with van der Waals surface area (Å²) in [7, 11) is 0. The summed E-state index contributed by atoms with van der Waals surface area (Å²) in [6.45, 7) is 1.98. The van der Waals surface area contributed by atoms with Gasteiger partial charge in [-0.05, 0) is 60.5 Å². The van der Waals surface area contributed by atoms with Crippen LogP contribution in [0.15, 0.2) is 77.0 Å². The Bertz CT molecular complexity index is 1270. The number of carbonyl (C=O) groups is 2. The van der Waals surface area contributed by atoms with E-state index in [1.54, 1.807) is 54.9 Å². The van der Waals surface area contributed by atoms with E-state index < -0.39 is 17.7 Å². The van der Waals surface area contributed by atoms with E-state index in [4.69, 9.17) is 4.74 Å². The number of aliphatic hydroxyl groups is 1. The Morgan fingerprint density at radius 2 is 2.00 bits per heavy atom. The van der Waals surface area contributed by atoms with Crippen LogP contribution in [0.25, 0.3) is 5.76 Å². The molecule has 3 heterocycles. The van der Waals surface area contributed by atoms with Crippen molar-refractivity contribution in [1.29, 1.82) is 0 Å². The first kappa shape index (κ1) is 20.5. The van der Waals surface area contributed by atoms with Crippen LogP contribution in [-0.2, 0) is 16.0 Å². The number of Topliss-reactive ketones (excluding diaryl/α,β-unsaturated/α-hetero) is 1. The van der Waals surface area contributed by atoms with Crippen molar-refractivity contribution in [2.24, 2.45) is 0 Å². The summed E-state index contributed by atoms with van der Waals surface area (Å²) in [5, 5.41) is 11.3. The number of aliphatic hydroxyl groups excluding tert-OH is 1. The number of nitrogens with zero attached hydrogens (tertiary/aromatic N) is 2. The maximum atomic E-state index is 13.2. The summed E-state index contributed by atoms with van der Waals surface area (Å²) in [5.74, 6) is -0.873. The maximum absolute atomic E-state index is 13.2. The number of anilines is 1. The number of benzene rings is 2. The van der Waals surface area contributed by atoms with Crippen molar-refractivity contribution in [3.63, 3.8) is 0 Å². The van der Waals surface area contributed by atoms with Crippen molar-refractivity contribution in [2.45, 2.75) is 25.5 Å². The number of ether oxygens (including phenoxy) is 1. The molecular weight excluding hydrogens is 472 g/mol. The summed E-state index contributed by atoms with van der Waals surface area (Å²) in [5.41, 5.74) is 2.65. The molecule has 0 bridgehead atoms. The molecule has 1 amide bonds. The van der Waals surface area contributed by atoms with Crippen LogP contribution in [0.2, 0.25) is 0 Å². The summed E-state index contributed by atoms with van der Waals surface area (Å²) in [6.07, 6.45) is 4.00. The number of rotatable bonds is 3. The van der Waals surface area contributed by atoms with Gasteiger partial charge in [0.05, 0.1) is 11.6 Å². The van der Waals surface area contributed by atoms with E-state index in [0.29, 0.717) is 16.8 Å². The fourth-order valence-corrected chi connectivity index (χ4v) is 4.69. The molecule has 0 saturated carbocycles. The molecule has 2 aliphatic rings. The smallest absolute Gasteiger partial charge is 0.300 e. The SMILES string of the molecule is CC1Cc2cc(/C(O)=C3/C(=O)C(=O)N(c4cccc(Br)c4)C3c3cccnc3)ccc2O1. The normalized spacial score (nSPS) is 21.5. The van der Waals surface area contributed by atoms with E-state index in [2.05, 4.69) is 20.9 Å². The standard InChI is InChI=1S/C25H19BrN2O4/c1-14-10-17-11-15(7-8-20(17)32-14)23(29)21-22(16-4-3-9-27-13-16)28(25(31)24(21)30)19-6-2-5-18(26)12-19/h2-9,11-14,22,29H,10H2,1H3/b23-21-. The summed E-state index contributed by atoms with van der Waals surface area (Å²) in [6, 6.07) is 15.2. The van der Waals surface area contributed by atoms with Gasteiger partial charge in [-0.1, -0.05) is 28.1 Å². The summed E-state index contributed by atoms with van der Waals surface area (Å²) in [4.78, 5) is 31.9. The lowest BCUT2D eigenvalue weighted by Crippen LogP contribution is -2.29. The van der Waals surface area contributed by atoms with Gasteiger partial charge in [-0.2, -0.15) is 0 Å². The first-order valence-corrected chi connectivity index (χ1v) is 11.0. The van der Waals surface area contributed by atoms with Gasteiger partial charge in [0.25, 0.3) is 11.7 Å².